The molecule has 8 N–H and O–H groups in total. The summed E-state index contributed by atoms with van der Waals surface area (Å²) < 4.78 is 5.76. The third-order valence-corrected chi connectivity index (χ3v) is 8.21. The van der Waals surface area contributed by atoms with Gasteiger partial charge in [0.2, 0.25) is 22.7 Å². The third-order valence-electron chi connectivity index (χ3n) is 6.33. The Morgan fingerprint density at radius 3 is 2.76 bits per heavy atom. The molecule has 41 heavy (non-hydrogen) atoms. The molecule has 16 nitrogen and oxygen atoms in total. The number of carbonyl (C=O) groups excluding carboxylic acids is 2. The Bertz CT molecular complexity index is 1660. The molecule has 3 aromatic heterocycles. The molecule has 5 heterocycles. The van der Waals surface area contributed by atoms with Crippen LogP contribution in [0.4, 0.5) is 10.9 Å². The summed E-state index contributed by atoms with van der Waals surface area (Å²) in [6, 6.07) is 4.27. The van der Waals surface area contributed by atoms with Crippen molar-refractivity contribution in [2.45, 2.75) is 37.4 Å². The van der Waals surface area contributed by atoms with Crippen LogP contribution in [0.25, 0.3) is 11.0 Å². The van der Waals surface area contributed by atoms with Crippen molar-refractivity contribution in [1.29, 1.82) is 0 Å². The second-order valence-electron chi connectivity index (χ2n) is 9.58. The molecule has 2 aliphatic rings. The van der Waals surface area contributed by atoms with E-state index in [1.165, 1.54) is 25.6 Å². The Morgan fingerprint density at radius 2 is 2.10 bits per heavy atom. The molecule has 2 atom stereocenters. The topological polar surface area (TPSA) is 243 Å². The first-order valence-electron chi connectivity index (χ1n) is 11.9. The number of rotatable bonds is 9. The number of carboxylic acid groups (broad SMARTS) is 2. The van der Waals surface area contributed by atoms with Gasteiger partial charge in [-0.2, -0.15) is 13.9 Å². The zero-order chi connectivity index (χ0) is 29.6. The number of oxime groups is 1. The molecule has 1 fully saturated rings. The van der Waals surface area contributed by atoms with Crippen LogP contribution in [0.15, 0.2) is 40.8 Å². The van der Waals surface area contributed by atoms with Gasteiger partial charge in [0.05, 0.1) is 6.07 Å². The number of pyridine rings is 1. The van der Waals surface area contributed by atoms with Gasteiger partial charge in [-0.25, -0.2) is 9.59 Å². The lowest BCUT2D eigenvalue weighted by Gasteiger charge is -2.49. The molecule has 0 spiro atoms. The van der Waals surface area contributed by atoms with Crippen LogP contribution in [0, 0.1) is 0 Å². The molecule has 214 valence electrons. The van der Waals surface area contributed by atoms with Crippen LogP contribution in [0.2, 0.25) is 0 Å². The summed E-state index contributed by atoms with van der Waals surface area (Å²) in [6.07, 6.45) is 1.79. The predicted molar refractivity (Wildman–Crippen MR) is 146 cm³/mol. The number of nitrogens with one attached hydrogen (secondary N) is 2. The van der Waals surface area contributed by atoms with Crippen LogP contribution in [-0.4, -0.2) is 81.7 Å². The minimum absolute atomic E-state index is 0.0198. The van der Waals surface area contributed by atoms with Crippen molar-refractivity contribution < 1.29 is 38.8 Å². The summed E-state index contributed by atoms with van der Waals surface area (Å²) in [7, 11) is 0. The van der Waals surface area contributed by atoms with Crippen molar-refractivity contribution in [3.63, 3.8) is 0 Å². The number of thioether (sulfide) groups is 1. The number of carbonyl (C=O) groups is 4. The number of β-lactam (4-membered cyclic amide) rings is 1. The van der Waals surface area contributed by atoms with Gasteiger partial charge in [-0.3, -0.25) is 14.5 Å². The maximum Gasteiger partial charge on any atom is 0.352 e. The van der Waals surface area contributed by atoms with Crippen LogP contribution in [0.3, 0.4) is 0 Å². The highest BCUT2D eigenvalue weighted by molar-refractivity contribution is 8.00. The molecule has 3 aromatic rings. The molecule has 0 unspecified atom stereocenters. The molecular formula is C23H24N9O7S2+. The lowest BCUT2D eigenvalue weighted by molar-refractivity contribution is -0.663. The first-order valence-corrected chi connectivity index (χ1v) is 13.8. The molecule has 0 aromatic carbocycles. The highest BCUT2D eigenvalue weighted by atomic mass is 32.2. The highest BCUT2D eigenvalue weighted by Crippen LogP contribution is 2.40. The van der Waals surface area contributed by atoms with Crippen LogP contribution in [0.1, 0.15) is 19.7 Å². The molecule has 2 aliphatic heterocycles. The number of aromatic amines is 1. The van der Waals surface area contributed by atoms with E-state index in [-0.39, 0.29) is 29.0 Å². The van der Waals surface area contributed by atoms with Crippen LogP contribution < -0.4 is 21.4 Å². The number of fused-ring (bicyclic) bond motifs is 2. The zero-order valence-corrected chi connectivity index (χ0v) is 23.2. The van der Waals surface area contributed by atoms with Crippen LogP contribution in [0.5, 0.6) is 0 Å². The first-order chi connectivity index (χ1) is 19.4. The van der Waals surface area contributed by atoms with Crippen molar-refractivity contribution in [3.05, 3.63) is 41.5 Å². The van der Waals surface area contributed by atoms with Crippen molar-refractivity contribution in [1.82, 2.24) is 24.6 Å². The average Bonchev–Trinajstić information content (AvgIpc) is 3.51. The van der Waals surface area contributed by atoms with Crippen LogP contribution >= 0.6 is 23.3 Å². The number of nitrogen functional groups attached to an aromatic ring is 2. The van der Waals surface area contributed by atoms with Crippen molar-refractivity contribution in [3.8, 4) is 0 Å². The first kappa shape index (κ1) is 27.8. The number of H-pyrrole nitrogens is 1. The second-order valence-corrected chi connectivity index (χ2v) is 11.5. The van der Waals surface area contributed by atoms with Gasteiger partial charge < -0.3 is 36.8 Å². The molecule has 0 radical (unpaired) electrons. The fourth-order valence-corrected chi connectivity index (χ4v) is 6.01. The molecule has 0 bridgehead atoms. The van der Waals surface area contributed by atoms with Gasteiger partial charge in [0, 0.05) is 28.9 Å². The van der Waals surface area contributed by atoms with Gasteiger partial charge in [-0.1, -0.05) is 5.16 Å². The van der Waals surface area contributed by atoms with Gasteiger partial charge in [0.1, 0.15) is 28.4 Å². The largest absolute Gasteiger partial charge is 0.478 e. The van der Waals surface area contributed by atoms with E-state index in [2.05, 4.69) is 24.8 Å². The Hall–Kier alpha value is -4.71. The van der Waals surface area contributed by atoms with E-state index in [0.717, 1.165) is 27.5 Å². The van der Waals surface area contributed by atoms with Gasteiger partial charge in [-0.05, 0) is 19.9 Å². The van der Waals surface area contributed by atoms with Crippen molar-refractivity contribution >= 4 is 74.7 Å². The maximum atomic E-state index is 13.2. The molecule has 0 aliphatic carbocycles. The monoisotopic (exact) mass is 602 g/mol. The van der Waals surface area contributed by atoms with E-state index in [9.17, 15) is 29.4 Å². The highest BCUT2D eigenvalue weighted by Gasteiger charge is 2.55. The van der Waals surface area contributed by atoms with E-state index >= 15 is 0 Å². The molecule has 5 rings (SSSR count). The smallest absolute Gasteiger partial charge is 0.352 e. The number of hydrogen-bond donors (Lipinski definition) is 6. The number of anilines is 2. The third kappa shape index (κ3) is 5.13. The van der Waals surface area contributed by atoms with E-state index in [4.69, 9.17) is 16.3 Å². The lowest BCUT2D eigenvalue weighted by atomic mass is 10.0. The summed E-state index contributed by atoms with van der Waals surface area (Å²) in [5.41, 5.74) is 11.1. The molecular weight excluding hydrogens is 578 g/mol. The molecule has 1 saturated heterocycles. The Balaban J connectivity index is 1.38. The predicted octanol–water partition coefficient (Wildman–Crippen LogP) is -0.506. The maximum absolute atomic E-state index is 13.2. The van der Waals surface area contributed by atoms with Gasteiger partial charge >= 0.3 is 11.9 Å². The van der Waals surface area contributed by atoms with E-state index in [1.54, 1.807) is 18.3 Å². The fourth-order valence-electron chi connectivity index (χ4n) is 4.24. The number of nitrogens with two attached hydrogens (primary N) is 2. The van der Waals surface area contributed by atoms with Gasteiger partial charge in [-0.15, -0.1) is 11.8 Å². The normalized spacial score (nSPS) is 19.1. The average molecular weight is 603 g/mol. The molecule has 18 heteroatoms. The summed E-state index contributed by atoms with van der Waals surface area (Å²) in [5.74, 6) is -3.69. The number of hydrogen-bond acceptors (Lipinski definition) is 12. The summed E-state index contributed by atoms with van der Waals surface area (Å²) >= 11 is 2.06. The minimum Gasteiger partial charge on any atom is -0.478 e. The number of nitrogens with zero attached hydrogens (tertiary/aromatic N) is 5. The Labute approximate surface area is 239 Å². The number of carboxylic acids is 2. The van der Waals surface area contributed by atoms with Crippen LogP contribution in [-0.2, 0) is 30.6 Å². The number of aliphatic carboxylic acids is 2. The van der Waals surface area contributed by atoms with Gasteiger partial charge in [0.25, 0.3) is 11.8 Å². The van der Waals surface area contributed by atoms with Crippen molar-refractivity contribution in [2.24, 2.45) is 5.16 Å². The SMILES string of the molecule is CC(C)(O/N=C(\C(=O)N[C@@H]1C(=O)N2C(C(=O)O)=C(C[n+]3cccc4[nH]c(N)cc43)CS[C@H]12)c1nsc(N)n1)C(=O)O. The van der Waals surface area contributed by atoms with E-state index < -0.39 is 46.5 Å². The molecule has 2 amide bonds. The second kappa shape index (κ2) is 10.4. The number of aromatic nitrogens is 4. The fraction of sp³-hybridized carbons (Fsp3) is 0.304. The summed E-state index contributed by atoms with van der Waals surface area (Å²) in [6.45, 7) is 2.65. The van der Waals surface area contributed by atoms with E-state index in [1.807, 2.05) is 10.6 Å². The Kier molecular flexibility index (Phi) is 7.03. The summed E-state index contributed by atoms with van der Waals surface area (Å²) in [5, 5.41) is 24.9. The quantitative estimate of drug-likeness (QED) is 0.0785. The minimum atomic E-state index is -1.79. The van der Waals surface area contributed by atoms with Gasteiger partial charge in [0.15, 0.2) is 17.9 Å². The Morgan fingerprint density at radius 1 is 1.34 bits per heavy atom. The number of amides is 2. The van der Waals surface area contributed by atoms with Crippen molar-refractivity contribution in [2.75, 3.05) is 17.2 Å². The zero-order valence-electron chi connectivity index (χ0n) is 21.5. The van der Waals surface area contributed by atoms with E-state index in [0.29, 0.717) is 11.4 Å². The molecule has 0 saturated carbocycles. The summed E-state index contributed by atoms with van der Waals surface area (Å²) in [4.78, 5) is 63.3. The standard InChI is InChI=1S/C23H23N9O7S2/c1-23(2,21(37)38)39-29-13(16-28-22(25)41-30-16)17(33)27-14-18(34)32-15(20(35)36)9(8-40-19(14)32)7-31-5-3-4-10-11(31)6-12(24)26-10/h3-6,14,19H,7-8H2,1-2H3,(H7,24,25,26,27,28,30,33,35,36,37,38)/p+1/b29-13-/t14-,19-/m1/s1. The lowest BCUT2D eigenvalue weighted by Crippen LogP contribution is -2.71.